The first kappa shape index (κ1) is 21.6. The van der Waals surface area contributed by atoms with Crippen LogP contribution in [0.5, 0.6) is 0 Å². The predicted molar refractivity (Wildman–Crippen MR) is 118 cm³/mol. The van der Waals surface area contributed by atoms with Gasteiger partial charge in [-0.25, -0.2) is 0 Å². The van der Waals surface area contributed by atoms with Crippen LogP contribution in [0.15, 0.2) is 84.9 Å². The minimum Gasteiger partial charge on any atom is -0.168 e. The Bertz CT molecular complexity index is 816. The summed E-state index contributed by atoms with van der Waals surface area (Å²) in [5.74, 6) is 0. The van der Waals surface area contributed by atoms with Gasteiger partial charge in [-0.2, -0.15) is 35.0 Å². The number of benzene rings is 2. The molecule has 0 aliphatic carbocycles. The van der Waals surface area contributed by atoms with Crippen molar-refractivity contribution in [3.05, 3.63) is 84.9 Å². The first-order chi connectivity index (χ1) is 12.7. The largest absolute Gasteiger partial charge is 0.168 e. The zero-order valence-electron chi connectivity index (χ0n) is 15.3. The summed E-state index contributed by atoms with van der Waals surface area (Å²) in [6.07, 6.45) is 0. The smallest absolute Gasteiger partial charge is 0.0809 e. The normalized spacial score (nSPS) is 9.85. The molecule has 0 saturated carbocycles. The van der Waals surface area contributed by atoms with E-state index in [1.807, 2.05) is 0 Å². The van der Waals surface area contributed by atoms with Crippen LogP contribution in [0, 0.1) is 0 Å². The molecular formula is C22H24Cl2SiZr-2. The topological polar surface area (TPSA) is 0 Å². The van der Waals surface area contributed by atoms with E-state index in [4.69, 9.17) is 17.0 Å². The number of halogens is 2. The standard InChI is InChI=1S/2C9H7.C4H10Si.2ClH.Zr/c2*1-2-5-9-7-3-6-8(9)4-1;1-3-5-4-2;;;/h2*1-7H;3-4H2,1-2H3;2*1H;/q2*-1;;;;+2/p-2. The number of hydrogen-bond donors (Lipinski definition) is 0. The molecule has 0 N–H and O–H groups in total. The van der Waals surface area contributed by atoms with E-state index < -0.39 is 18.0 Å². The molecule has 26 heavy (non-hydrogen) atoms. The van der Waals surface area contributed by atoms with Crippen LogP contribution in [0.2, 0.25) is 12.1 Å². The van der Waals surface area contributed by atoms with Gasteiger partial charge in [-0.3, -0.25) is 0 Å². The van der Waals surface area contributed by atoms with Gasteiger partial charge in [0.2, 0.25) is 0 Å². The molecule has 0 fully saturated rings. The van der Waals surface area contributed by atoms with Crippen molar-refractivity contribution in [1.29, 1.82) is 0 Å². The molecule has 136 valence electrons. The zero-order chi connectivity index (χ0) is 18.8. The van der Waals surface area contributed by atoms with Crippen molar-refractivity contribution in [2.24, 2.45) is 0 Å². The van der Waals surface area contributed by atoms with E-state index in [1.165, 1.54) is 33.6 Å². The quantitative estimate of drug-likeness (QED) is 0.202. The Morgan fingerprint density at radius 3 is 1.46 bits per heavy atom. The van der Waals surface area contributed by atoms with E-state index >= 15 is 0 Å². The zero-order valence-corrected chi connectivity index (χ0v) is 20.2. The van der Waals surface area contributed by atoms with Crippen LogP contribution < -0.4 is 0 Å². The second kappa shape index (κ2) is 11.9. The first-order valence-corrected chi connectivity index (χ1v) is 20.8. The Balaban J connectivity index is 0.000000141. The van der Waals surface area contributed by atoms with Crippen molar-refractivity contribution in [3.63, 3.8) is 0 Å². The SMILES string of the molecule is CC[Si](CC)=[Zr]([Cl])[Cl].c1ccc2[cH-]ccc2c1.c1ccc2[cH-]ccc2c1. The summed E-state index contributed by atoms with van der Waals surface area (Å²) in [5.41, 5.74) is -0.213. The van der Waals surface area contributed by atoms with Crippen LogP contribution in [0.4, 0.5) is 0 Å². The molecule has 0 aromatic heterocycles. The predicted octanol–water partition coefficient (Wildman–Crippen LogP) is 8.06. The molecule has 4 heteroatoms. The van der Waals surface area contributed by atoms with E-state index in [0.717, 1.165) is 0 Å². The van der Waals surface area contributed by atoms with Crippen LogP contribution in [0.25, 0.3) is 21.5 Å². The second-order valence-electron chi connectivity index (χ2n) is 5.88. The van der Waals surface area contributed by atoms with Gasteiger partial charge in [0.25, 0.3) is 0 Å². The van der Waals surface area contributed by atoms with Gasteiger partial charge in [-0.05, 0) is 0 Å². The van der Waals surface area contributed by atoms with E-state index in [9.17, 15) is 0 Å². The molecule has 0 atom stereocenters. The van der Waals surface area contributed by atoms with E-state index in [2.05, 4.69) is 98.8 Å². The Hall–Kier alpha value is -0.660. The van der Waals surface area contributed by atoms with Crippen LogP contribution in [-0.4, -0.2) is 5.43 Å². The fourth-order valence-electron chi connectivity index (χ4n) is 2.66. The third-order valence-corrected chi connectivity index (χ3v) is 25.1. The fraction of sp³-hybridized carbons (Fsp3) is 0.182. The molecule has 4 aromatic rings. The molecule has 4 aromatic carbocycles. The van der Waals surface area contributed by atoms with Gasteiger partial charge in [0.1, 0.15) is 0 Å². The summed E-state index contributed by atoms with van der Waals surface area (Å²) >= 11 is -1.72. The van der Waals surface area contributed by atoms with Crippen molar-refractivity contribution in [2.45, 2.75) is 25.9 Å². The average molecular weight is 479 g/mol. The van der Waals surface area contributed by atoms with Crippen LogP contribution in [0.1, 0.15) is 13.8 Å². The number of fused-ring (bicyclic) bond motifs is 2. The third kappa shape index (κ3) is 6.82. The minimum absolute atomic E-state index is 0.213. The molecular weight excluding hydrogens is 454 g/mol. The van der Waals surface area contributed by atoms with E-state index in [0.29, 0.717) is 0 Å². The van der Waals surface area contributed by atoms with Crippen molar-refractivity contribution >= 4 is 44.0 Å². The third-order valence-electron chi connectivity index (χ3n) is 4.22. The molecule has 0 unspecified atom stereocenters. The molecule has 0 spiro atoms. The maximum absolute atomic E-state index is 5.85. The summed E-state index contributed by atoms with van der Waals surface area (Å²) in [5, 5.41) is 5.32. The van der Waals surface area contributed by atoms with E-state index in [-0.39, 0.29) is 5.43 Å². The van der Waals surface area contributed by atoms with Gasteiger partial charge in [0, 0.05) is 0 Å². The van der Waals surface area contributed by atoms with Crippen molar-refractivity contribution in [2.75, 3.05) is 0 Å². The molecule has 0 aliphatic rings. The summed E-state index contributed by atoms with van der Waals surface area (Å²) in [6, 6.07) is 31.9. The van der Waals surface area contributed by atoms with Crippen molar-refractivity contribution < 1.29 is 18.0 Å². The Labute approximate surface area is 171 Å². The van der Waals surface area contributed by atoms with Gasteiger partial charge in [-0.1, -0.05) is 12.1 Å². The second-order valence-corrected chi connectivity index (χ2v) is 27.3. The molecule has 0 saturated heterocycles. The summed E-state index contributed by atoms with van der Waals surface area (Å²) in [7, 11) is 11.7. The fourth-order valence-corrected chi connectivity index (χ4v) is 17.1. The summed E-state index contributed by atoms with van der Waals surface area (Å²) in [4.78, 5) is 0. The van der Waals surface area contributed by atoms with Gasteiger partial charge >= 0.3 is 66.4 Å². The molecule has 0 radical (unpaired) electrons. The molecule has 4 rings (SSSR count). The maximum atomic E-state index is 5.85. The van der Waals surface area contributed by atoms with Gasteiger partial charge in [-0.15, -0.1) is 59.3 Å². The minimum atomic E-state index is -1.72. The van der Waals surface area contributed by atoms with Crippen LogP contribution >= 0.6 is 17.0 Å². The van der Waals surface area contributed by atoms with Crippen molar-refractivity contribution in [3.8, 4) is 0 Å². The Kier molecular flexibility index (Phi) is 9.93. The maximum Gasteiger partial charge on any atom is -0.0809 e. The Morgan fingerprint density at radius 1 is 0.731 bits per heavy atom. The average Bonchev–Trinajstić information content (AvgIpc) is 3.32. The number of hydrogen-bond acceptors (Lipinski definition) is 0. The molecule has 0 bridgehead atoms. The summed E-state index contributed by atoms with van der Waals surface area (Å²) < 4.78 is 0. The van der Waals surface area contributed by atoms with Gasteiger partial charge in [0.15, 0.2) is 0 Å². The number of rotatable bonds is 2. The Morgan fingerprint density at radius 2 is 1.15 bits per heavy atom. The van der Waals surface area contributed by atoms with Gasteiger partial charge in [0.05, 0.1) is 0 Å². The first-order valence-electron chi connectivity index (χ1n) is 8.89. The molecule has 0 nitrogen and oxygen atoms in total. The van der Waals surface area contributed by atoms with Gasteiger partial charge < -0.3 is 0 Å². The van der Waals surface area contributed by atoms with Crippen molar-refractivity contribution in [1.82, 2.24) is 0 Å². The molecule has 0 aliphatic heterocycles. The molecule has 0 heterocycles. The molecule has 0 amide bonds. The monoisotopic (exact) mass is 476 g/mol. The van der Waals surface area contributed by atoms with E-state index in [1.54, 1.807) is 0 Å². The summed E-state index contributed by atoms with van der Waals surface area (Å²) in [6.45, 7) is 4.40. The van der Waals surface area contributed by atoms with Crippen LogP contribution in [-0.2, 0) is 18.0 Å². The van der Waals surface area contributed by atoms with Crippen LogP contribution in [0.3, 0.4) is 0 Å².